The molecule has 1 amide bonds. The van der Waals surface area contributed by atoms with Crippen molar-refractivity contribution >= 4 is 21.9 Å². The molecule has 0 saturated heterocycles. The zero-order chi connectivity index (χ0) is 17.5. The molecule has 0 bridgehead atoms. The van der Waals surface area contributed by atoms with E-state index in [2.05, 4.69) is 14.9 Å². The van der Waals surface area contributed by atoms with Gasteiger partial charge in [0.15, 0.2) is 0 Å². The fourth-order valence-electron chi connectivity index (χ4n) is 1.66. The van der Waals surface area contributed by atoms with Crippen molar-refractivity contribution in [3.05, 3.63) is 29.8 Å². The normalized spacial score (nSPS) is 11.3. The quantitative estimate of drug-likeness (QED) is 0.420. The molecule has 8 nitrogen and oxygen atoms in total. The molecule has 0 unspecified atom stereocenters. The van der Waals surface area contributed by atoms with E-state index in [4.69, 9.17) is 0 Å². The van der Waals surface area contributed by atoms with Crippen LogP contribution in [0.15, 0.2) is 29.2 Å². The number of nitrogens with one attached hydrogen (secondary N) is 1. The molecule has 1 aromatic rings. The Hall–Kier alpha value is -1.97. The van der Waals surface area contributed by atoms with E-state index in [0.29, 0.717) is 18.5 Å². The van der Waals surface area contributed by atoms with Gasteiger partial charge in [-0.15, -0.1) is 0 Å². The summed E-state index contributed by atoms with van der Waals surface area (Å²) in [5.74, 6) is -0.685. The van der Waals surface area contributed by atoms with Crippen molar-refractivity contribution < 1.29 is 27.6 Å². The van der Waals surface area contributed by atoms with E-state index in [1.165, 1.54) is 45.5 Å². The highest BCUT2D eigenvalue weighted by molar-refractivity contribution is 7.89. The lowest BCUT2D eigenvalue weighted by molar-refractivity contribution is -0.140. The summed E-state index contributed by atoms with van der Waals surface area (Å²) in [4.78, 5) is 27.5. The first-order chi connectivity index (χ1) is 10.8. The van der Waals surface area contributed by atoms with Gasteiger partial charge in [-0.2, -0.15) is 0 Å². The van der Waals surface area contributed by atoms with Gasteiger partial charge in [0.1, 0.15) is 0 Å². The van der Waals surface area contributed by atoms with Crippen molar-refractivity contribution in [2.45, 2.75) is 17.7 Å². The Balaban J connectivity index is 2.63. The van der Waals surface area contributed by atoms with Crippen LogP contribution < -0.4 is 5.32 Å². The molecule has 0 spiro atoms. The number of amides is 1. The number of rotatable bonds is 8. The fraction of sp³-hybridized carbons (Fsp3) is 0.429. The van der Waals surface area contributed by atoms with Gasteiger partial charge in [-0.05, 0) is 30.7 Å². The minimum absolute atomic E-state index is 0.0177. The monoisotopic (exact) mass is 344 g/mol. The van der Waals surface area contributed by atoms with E-state index in [0.717, 1.165) is 4.47 Å². The molecule has 0 saturated carbocycles. The minimum atomic E-state index is -3.74. The molecule has 0 aliphatic carbocycles. The van der Waals surface area contributed by atoms with E-state index in [1.807, 2.05) is 0 Å². The second kappa shape index (κ2) is 8.61. The molecule has 23 heavy (non-hydrogen) atoms. The summed E-state index contributed by atoms with van der Waals surface area (Å²) in [7, 11) is 0.0851. The first kappa shape index (κ1) is 19.1. The number of nitrogens with zero attached hydrogens (tertiary/aromatic N) is 1. The summed E-state index contributed by atoms with van der Waals surface area (Å²) >= 11 is 0. The molecule has 0 atom stereocenters. The lowest BCUT2D eigenvalue weighted by Crippen LogP contribution is -2.26. The minimum Gasteiger partial charge on any atom is -0.469 e. The van der Waals surface area contributed by atoms with E-state index in [9.17, 15) is 18.0 Å². The molecule has 1 aromatic carbocycles. The summed E-state index contributed by atoms with van der Waals surface area (Å²) in [5, 5.41) is 2.64. The number of methoxy groups -OCH3 is 1. The van der Waals surface area contributed by atoms with Gasteiger partial charge in [0.25, 0.3) is 15.9 Å². The molecule has 0 heterocycles. The Morgan fingerprint density at radius 2 is 1.78 bits per heavy atom. The third kappa shape index (κ3) is 5.31. The lowest BCUT2D eigenvalue weighted by atomic mass is 10.2. The van der Waals surface area contributed by atoms with Crippen LogP contribution in [0, 0.1) is 0 Å². The predicted molar refractivity (Wildman–Crippen MR) is 82.0 cm³/mol. The van der Waals surface area contributed by atoms with Gasteiger partial charge in [0, 0.05) is 25.6 Å². The van der Waals surface area contributed by atoms with Crippen LogP contribution >= 0.6 is 0 Å². The number of carbonyl (C=O) groups excluding carboxylic acids is 2. The summed E-state index contributed by atoms with van der Waals surface area (Å²) in [5.41, 5.74) is 0.321. The van der Waals surface area contributed by atoms with Crippen LogP contribution in [0.4, 0.5) is 0 Å². The molecule has 128 valence electrons. The third-order valence-corrected chi connectivity index (χ3v) is 4.77. The van der Waals surface area contributed by atoms with Gasteiger partial charge in [0.2, 0.25) is 0 Å². The molecular weight excluding hydrogens is 324 g/mol. The van der Waals surface area contributed by atoms with E-state index < -0.39 is 10.0 Å². The van der Waals surface area contributed by atoms with Crippen LogP contribution in [0.2, 0.25) is 0 Å². The van der Waals surface area contributed by atoms with Crippen molar-refractivity contribution in [2.24, 2.45) is 0 Å². The van der Waals surface area contributed by atoms with Crippen LogP contribution in [-0.2, 0) is 24.4 Å². The van der Waals surface area contributed by atoms with E-state index in [-0.39, 0.29) is 23.2 Å². The van der Waals surface area contributed by atoms with Gasteiger partial charge in [0.05, 0.1) is 19.1 Å². The van der Waals surface area contributed by atoms with Crippen LogP contribution in [0.5, 0.6) is 0 Å². The standard InChI is InChI=1S/C14H20N2O6S/c1-16(22-3)23(19,20)12-8-6-11(7-9-12)14(18)15-10-4-5-13(17)21-2/h6-9H,4-5,10H2,1-3H3,(H,15,18). The van der Waals surface area contributed by atoms with Crippen LogP contribution in [-0.4, -0.2) is 52.6 Å². The maximum atomic E-state index is 12.0. The van der Waals surface area contributed by atoms with E-state index >= 15 is 0 Å². The van der Waals surface area contributed by atoms with Gasteiger partial charge in [-0.25, -0.2) is 8.42 Å². The summed E-state index contributed by atoms with van der Waals surface area (Å²) < 4.78 is 29.2. The zero-order valence-corrected chi connectivity index (χ0v) is 14.1. The lowest BCUT2D eigenvalue weighted by Gasteiger charge is -2.14. The molecule has 0 aliphatic heterocycles. The maximum absolute atomic E-state index is 12.0. The van der Waals surface area contributed by atoms with Crippen molar-refractivity contribution in [1.82, 2.24) is 9.79 Å². The number of hydroxylamine groups is 1. The van der Waals surface area contributed by atoms with Crippen LogP contribution in [0.3, 0.4) is 0 Å². The van der Waals surface area contributed by atoms with Gasteiger partial charge in [-0.3, -0.25) is 14.4 Å². The highest BCUT2D eigenvalue weighted by atomic mass is 32.2. The van der Waals surface area contributed by atoms with Crippen molar-refractivity contribution in [1.29, 1.82) is 0 Å². The smallest absolute Gasteiger partial charge is 0.305 e. The molecule has 0 aliphatic rings. The largest absolute Gasteiger partial charge is 0.469 e. The van der Waals surface area contributed by atoms with Crippen LogP contribution in [0.25, 0.3) is 0 Å². The molecule has 1 rings (SSSR count). The van der Waals surface area contributed by atoms with Crippen molar-refractivity contribution in [3.8, 4) is 0 Å². The number of hydrogen-bond acceptors (Lipinski definition) is 6. The Labute approximate surface area is 135 Å². The first-order valence-corrected chi connectivity index (χ1v) is 8.25. The Kier molecular flexibility index (Phi) is 7.14. The van der Waals surface area contributed by atoms with Gasteiger partial charge < -0.3 is 10.1 Å². The SMILES string of the molecule is COC(=O)CCCNC(=O)c1ccc(S(=O)(=O)N(C)OC)cc1. The molecule has 0 radical (unpaired) electrons. The number of carbonyl (C=O) groups is 2. The second-order valence-electron chi connectivity index (χ2n) is 4.56. The zero-order valence-electron chi connectivity index (χ0n) is 13.2. The number of hydrogen-bond donors (Lipinski definition) is 1. The summed E-state index contributed by atoms with van der Waals surface area (Å²) in [6.45, 7) is 0.320. The molecule has 1 N–H and O–H groups in total. The second-order valence-corrected chi connectivity index (χ2v) is 6.49. The molecule has 0 fully saturated rings. The molecule has 9 heteroatoms. The highest BCUT2D eigenvalue weighted by Crippen LogP contribution is 2.15. The number of esters is 1. The van der Waals surface area contributed by atoms with Crippen LogP contribution in [0.1, 0.15) is 23.2 Å². The summed E-state index contributed by atoms with van der Waals surface area (Å²) in [6.07, 6.45) is 0.681. The number of benzene rings is 1. The molecular formula is C14H20N2O6S. The molecule has 0 aromatic heterocycles. The topological polar surface area (TPSA) is 102 Å². The highest BCUT2D eigenvalue weighted by Gasteiger charge is 2.20. The third-order valence-electron chi connectivity index (χ3n) is 3.08. The average Bonchev–Trinajstić information content (AvgIpc) is 2.57. The maximum Gasteiger partial charge on any atom is 0.305 e. The number of sulfonamides is 1. The van der Waals surface area contributed by atoms with Crippen molar-refractivity contribution in [3.63, 3.8) is 0 Å². The predicted octanol–water partition coefficient (Wildman–Crippen LogP) is 0.552. The fourth-order valence-corrected chi connectivity index (χ4v) is 2.64. The van der Waals surface area contributed by atoms with Gasteiger partial charge >= 0.3 is 5.97 Å². The Morgan fingerprint density at radius 3 is 2.30 bits per heavy atom. The van der Waals surface area contributed by atoms with E-state index in [1.54, 1.807) is 0 Å². The average molecular weight is 344 g/mol. The Bertz CT molecular complexity index is 642. The first-order valence-electron chi connectivity index (χ1n) is 6.81. The number of ether oxygens (including phenoxy) is 1. The summed E-state index contributed by atoms with van der Waals surface area (Å²) in [6, 6.07) is 5.47. The Morgan fingerprint density at radius 1 is 1.17 bits per heavy atom. The van der Waals surface area contributed by atoms with Crippen molar-refractivity contribution in [2.75, 3.05) is 27.8 Å². The van der Waals surface area contributed by atoms with Gasteiger partial charge in [-0.1, -0.05) is 4.47 Å².